The molecule has 0 aromatic carbocycles. The summed E-state index contributed by atoms with van der Waals surface area (Å²) in [5.74, 6) is -0.314. The normalized spacial score (nSPS) is 12.2. The molecule has 0 aliphatic carbocycles. The van der Waals surface area contributed by atoms with E-state index in [4.69, 9.17) is 4.74 Å². The monoisotopic (exact) mass is 185 g/mol. The lowest BCUT2D eigenvalue weighted by atomic mass is 10.3. The Morgan fingerprint density at radius 3 is 2.69 bits per heavy atom. The predicted molar refractivity (Wildman–Crippen MR) is 53.5 cm³/mol. The van der Waals surface area contributed by atoms with E-state index in [2.05, 4.69) is 25.7 Å². The minimum absolute atomic E-state index is 0.314. The van der Waals surface area contributed by atoms with Crippen molar-refractivity contribution in [2.24, 2.45) is 0 Å². The summed E-state index contributed by atoms with van der Waals surface area (Å²) in [7, 11) is 0. The molecule has 0 aromatic heterocycles. The van der Waals surface area contributed by atoms with E-state index < -0.39 is 0 Å². The van der Waals surface area contributed by atoms with E-state index in [1.54, 1.807) is 6.92 Å². The minimum Gasteiger partial charge on any atom is -0.461 e. The van der Waals surface area contributed by atoms with E-state index in [-0.39, 0.29) is 5.97 Å². The second kappa shape index (κ2) is 6.66. The molecular weight excluding hydrogens is 166 g/mol. The summed E-state index contributed by atoms with van der Waals surface area (Å²) in [5.41, 5.74) is 0.448. The number of hydrogen-bond donors (Lipinski definition) is 1. The SMILES string of the molecule is C=C(C)C(=O)OCCNC(C)CC. The maximum atomic E-state index is 10.9. The lowest BCUT2D eigenvalue weighted by Gasteiger charge is -2.10. The highest BCUT2D eigenvalue weighted by Gasteiger charge is 2.02. The first-order valence-electron chi connectivity index (χ1n) is 4.64. The van der Waals surface area contributed by atoms with Gasteiger partial charge in [-0.15, -0.1) is 0 Å². The van der Waals surface area contributed by atoms with Crippen molar-refractivity contribution in [1.82, 2.24) is 5.32 Å². The highest BCUT2D eigenvalue weighted by molar-refractivity contribution is 5.86. The highest BCUT2D eigenvalue weighted by atomic mass is 16.5. The topological polar surface area (TPSA) is 38.3 Å². The van der Waals surface area contributed by atoms with E-state index in [0.717, 1.165) is 6.42 Å². The van der Waals surface area contributed by atoms with Gasteiger partial charge in [0.1, 0.15) is 6.61 Å². The highest BCUT2D eigenvalue weighted by Crippen LogP contribution is 1.91. The van der Waals surface area contributed by atoms with Crippen LogP contribution < -0.4 is 5.32 Å². The van der Waals surface area contributed by atoms with Gasteiger partial charge in [-0.2, -0.15) is 0 Å². The van der Waals surface area contributed by atoms with Gasteiger partial charge in [-0.25, -0.2) is 4.79 Å². The lowest BCUT2D eigenvalue weighted by Crippen LogP contribution is -2.29. The zero-order chi connectivity index (χ0) is 10.3. The Bertz CT molecular complexity index is 178. The van der Waals surface area contributed by atoms with E-state index >= 15 is 0 Å². The van der Waals surface area contributed by atoms with Crippen molar-refractivity contribution in [3.63, 3.8) is 0 Å². The van der Waals surface area contributed by atoms with Crippen LogP contribution in [-0.4, -0.2) is 25.2 Å². The summed E-state index contributed by atoms with van der Waals surface area (Å²) in [5, 5.41) is 3.22. The van der Waals surface area contributed by atoms with Crippen LogP contribution >= 0.6 is 0 Å². The van der Waals surface area contributed by atoms with Crippen LogP contribution in [-0.2, 0) is 9.53 Å². The molecule has 0 aliphatic heterocycles. The molecule has 1 unspecified atom stereocenters. The number of nitrogens with one attached hydrogen (secondary N) is 1. The number of esters is 1. The zero-order valence-corrected chi connectivity index (χ0v) is 8.72. The molecule has 13 heavy (non-hydrogen) atoms. The van der Waals surface area contributed by atoms with Crippen LogP contribution in [0.5, 0.6) is 0 Å². The van der Waals surface area contributed by atoms with Crippen LogP contribution in [0.2, 0.25) is 0 Å². The van der Waals surface area contributed by atoms with Crippen LogP contribution in [0.15, 0.2) is 12.2 Å². The van der Waals surface area contributed by atoms with Crippen molar-refractivity contribution in [2.45, 2.75) is 33.2 Å². The largest absolute Gasteiger partial charge is 0.461 e. The maximum Gasteiger partial charge on any atom is 0.333 e. The van der Waals surface area contributed by atoms with Gasteiger partial charge in [0.25, 0.3) is 0 Å². The second-order valence-corrected chi connectivity index (χ2v) is 3.18. The molecule has 0 aromatic rings. The summed E-state index contributed by atoms with van der Waals surface area (Å²) < 4.78 is 4.90. The summed E-state index contributed by atoms with van der Waals surface area (Å²) >= 11 is 0. The number of ether oxygens (including phenoxy) is 1. The molecule has 3 heteroatoms. The minimum atomic E-state index is -0.314. The summed E-state index contributed by atoms with van der Waals surface area (Å²) in [6.45, 7) is 10.5. The molecule has 0 saturated carbocycles. The van der Waals surface area contributed by atoms with Gasteiger partial charge in [0, 0.05) is 18.2 Å². The fourth-order valence-corrected chi connectivity index (χ4v) is 0.717. The predicted octanol–water partition coefficient (Wildman–Crippen LogP) is 1.49. The van der Waals surface area contributed by atoms with Crippen LogP contribution in [0.1, 0.15) is 27.2 Å². The average Bonchev–Trinajstić information content (AvgIpc) is 2.11. The first kappa shape index (κ1) is 12.2. The fourth-order valence-electron chi connectivity index (χ4n) is 0.717. The summed E-state index contributed by atoms with van der Waals surface area (Å²) in [4.78, 5) is 10.9. The van der Waals surface area contributed by atoms with Gasteiger partial charge in [0.15, 0.2) is 0 Å². The van der Waals surface area contributed by atoms with Gasteiger partial charge in [0.2, 0.25) is 0 Å². The quantitative estimate of drug-likeness (QED) is 0.387. The molecule has 76 valence electrons. The Balaban J connectivity index is 3.36. The van der Waals surface area contributed by atoms with Gasteiger partial charge in [-0.05, 0) is 20.3 Å². The van der Waals surface area contributed by atoms with Crippen molar-refractivity contribution in [3.8, 4) is 0 Å². The molecule has 0 aliphatic rings. The Labute approximate surface area is 80.2 Å². The van der Waals surface area contributed by atoms with E-state index in [1.165, 1.54) is 0 Å². The Hall–Kier alpha value is -0.830. The fraction of sp³-hybridized carbons (Fsp3) is 0.700. The van der Waals surface area contributed by atoms with Crippen molar-refractivity contribution >= 4 is 5.97 Å². The smallest absolute Gasteiger partial charge is 0.333 e. The Kier molecular flexibility index (Phi) is 6.24. The molecule has 0 saturated heterocycles. The number of carbonyl (C=O) groups is 1. The zero-order valence-electron chi connectivity index (χ0n) is 8.72. The van der Waals surface area contributed by atoms with Gasteiger partial charge in [-0.1, -0.05) is 13.5 Å². The number of hydrogen-bond acceptors (Lipinski definition) is 3. The number of rotatable bonds is 6. The van der Waals surface area contributed by atoms with Gasteiger partial charge in [0.05, 0.1) is 0 Å². The Morgan fingerprint density at radius 1 is 1.62 bits per heavy atom. The van der Waals surface area contributed by atoms with Gasteiger partial charge < -0.3 is 10.1 Å². The number of carbonyl (C=O) groups excluding carboxylic acids is 1. The van der Waals surface area contributed by atoms with E-state index in [9.17, 15) is 4.79 Å². The molecule has 1 N–H and O–H groups in total. The molecule has 0 fully saturated rings. The molecule has 0 radical (unpaired) electrons. The third-order valence-electron chi connectivity index (χ3n) is 1.79. The first-order chi connectivity index (χ1) is 6.07. The van der Waals surface area contributed by atoms with Crippen molar-refractivity contribution in [3.05, 3.63) is 12.2 Å². The third-order valence-corrected chi connectivity index (χ3v) is 1.79. The molecule has 1 atom stereocenters. The second-order valence-electron chi connectivity index (χ2n) is 3.18. The lowest BCUT2D eigenvalue weighted by molar-refractivity contribution is -0.138. The summed E-state index contributed by atoms with van der Waals surface area (Å²) in [6.07, 6.45) is 1.08. The van der Waals surface area contributed by atoms with Gasteiger partial charge >= 0.3 is 5.97 Å². The molecule has 0 bridgehead atoms. The van der Waals surface area contributed by atoms with Crippen LogP contribution in [0, 0.1) is 0 Å². The molecular formula is C10H19NO2. The molecule has 0 amide bonds. The van der Waals surface area contributed by atoms with Crippen LogP contribution in [0.25, 0.3) is 0 Å². The average molecular weight is 185 g/mol. The molecule has 0 spiro atoms. The molecule has 3 nitrogen and oxygen atoms in total. The van der Waals surface area contributed by atoms with Crippen molar-refractivity contribution in [1.29, 1.82) is 0 Å². The van der Waals surface area contributed by atoms with Gasteiger partial charge in [-0.3, -0.25) is 0 Å². The van der Waals surface area contributed by atoms with E-state index in [1.807, 2.05) is 0 Å². The molecule has 0 heterocycles. The molecule has 0 rings (SSSR count). The Morgan fingerprint density at radius 2 is 2.23 bits per heavy atom. The standard InChI is InChI=1S/C10H19NO2/c1-5-9(4)11-6-7-13-10(12)8(2)3/h9,11H,2,5-7H2,1,3-4H3. The van der Waals surface area contributed by atoms with Crippen molar-refractivity contribution in [2.75, 3.05) is 13.2 Å². The van der Waals surface area contributed by atoms with Crippen molar-refractivity contribution < 1.29 is 9.53 Å². The van der Waals surface area contributed by atoms with Crippen LogP contribution in [0.3, 0.4) is 0 Å². The summed E-state index contributed by atoms with van der Waals surface area (Å²) in [6, 6.07) is 0.475. The maximum absolute atomic E-state index is 10.9. The van der Waals surface area contributed by atoms with E-state index in [0.29, 0.717) is 24.8 Å². The first-order valence-corrected chi connectivity index (χ1v) is 4.64. The van der Waals surface area contributed by atoms with Crippen LogP contribution in [0.4, 0.5) is 0 Å². The third kappa shape index (κ3) is 6.34.